The largest absolute Gasteiger partial charge is 0.492 e. The molecule has 1 unspecified atom stereocenters. The van der Waals surface area contributed by atoms with E-state index in [4.69, 9.17) is 4.74 Å². The van der Waals surface area contributed by atoms with Crippen LogP contribution in [0.4, 0.5) is 0 Å². The molecule has 1 fully saturated rings. The van der Waals surface area contributed by atoms with Crippen molar-refractivity contribution < 1.29 is 9.53 Å². The molecule has 0 N–H and O–H groups in total. The molecule has 6 heteroatoms. The molecule has 1 aromatic heterocycles. The van der Waals surface area contributed by atoms with Crippen molar-refractivity contribution in [3.8, 4) is 5.75 Å². The Hall–Kier alpha value is -2.63. The van der Waals surface area contributed by atoms with Gasteiger partial charge in [0.15, 0.2) is 0 Å². The Labute approximate surface area is 153 Å². The molecule has 1 amide bonds. The van der Waals surface area contributed by atoms with E-state index < -0.39 is 0 Å². The lowest BCUT2D eigenvalue weighted by molar-refractivity contribution is 0.0662. The number of aromatic nitrogens is 2. The summed E-state index contributed by atoms with van der Waals surface area (Å²) in [5.41, 5.74) is 0.0874. The van der Waals surface area contributed by atoms with E-state index in [1.807, 2.05) is 35.2 Å². The van der Waals surface area contributed by atoms with Gasteiger partial charge in [-0.1, -0.05) is 31.5 Å². The van der Waals surface area contributed by atoms with Crippen LogP contribution in [0.25, 0.3) is 0 Å². The van der Waals surface area contributed by atoms with E-state index in [0.29, 0.717) is 24.8 Å². The third-order valence-electron chi connectivity index (χ3n) is 4.78. The Kier molecular flexibility index (Phi) is 6.04. The summed E-state index contributed by atoms with van der Waals surface area (Å²) < 4.78 is 6.92. The standard InChI is InChI=1S/C20H25N3O3/c1-2-16-7-6-12-22(15-16)20(25)18-10-11-19(24)23(21-18)13-14-26-17-8-4-3-5-9-17/h3-5,8-11,16H,2,6-7,12-15H2,1H3. The van der Waals surface area contributed by atoms with Gasteiger partial charge in [0, 0.05) is 19.2 Å². The molecule has 26 heavy (non-hydrogen) atoms. The molecule has 3 rings (SSSR count). The number of piperidine rings is 1. The Morgan fingerprint density at radius 2 is 2.04 bits per heavy atom. The van der Waals surface area contributed by atoms with Crippen LogP contribution >= 0.6 is 0 Å². The molecular weight excluding hydrogens is 330 g/mol. The lowest BCUT2D eigenvalue weighted by Crippen LogP contribution is -2.41. The highest BCUT2D eigenvalue weighted by Crippen LogP contribution is 2.20. The second-order valence-electron chi connectivity index (χ2n) is 6.61. The van der Waals surface area contributed by atoms with Crippen LogP contribution in [-0.4, -0.2) is 40.3 Å². The summed E-state index contributed by atoms with van der Waals surface area (Å²) in [5.74, 6) is 1.20. The number of likely N-dealkylation sites (tertiary alicyclic amines) is 1. The first-order chi connectivity index (χ1) is 12.7. The Morgan fingerprint density at radius 1 is 1.23 bits per heavy atom. The maximum Gasteiger partial charge on any atom is 0.274 e. The van der Waals surface area contributed by atoms with Crippen molar-refractivity contribution in [2.75, 3.05) is 19.7 Å². The maximum atomic E-state index is 12.7. The first-order valence-electron chi connectivity index (χ1n) is 9.22. The predicted molar refractivity (Wildman–Crippen MR) is 99.4 cm³/mol. The second kappa shape index (κ2) is 8.65. The molecule has 2 aromatic rings. The fourth-order valence-corrected chi connectivity index (χ4v) is 3.23. The number of hydrogen-bond acceptors (Lipinski definition) is 4. The van der Waals surface area contributed by atoms with Crippen LogP contribution in [0.1, 0.15) is 36.7 Å². The Balaban J connectivity index is 1.65. The molecule has 0 saturated carbocycles. The number of benzene rings is 1. The van der Waals surface area contributed by atoms with Gasteiger partial charge in [-0.25, -0.2) is 4.68 Å². The Morgan fingerprint density at radius 3 is 2.81 bits per heavy atom. The fraction of sp³-hybridized carbons (Fsp3) is 0.450. The monoisotopic (exact) mass is 355 g/mol. The minimum atomic E-state index is -0.233. The molecule has 1 aliphatic rings. The van der Waals surface area contributed by atoms with Gasteiger partial charge in [0.2, 0.25) is 0 Å². The highest BCUT2D eigenvalue weighted by molar-refractivity contribution is 5.92. The van der Waals surface area contributed by atoms with Crippen molar-refractivity contribution in [1.29, 1.82) is 0 Å². The quantitative estimate of drug-likeness (QED) is 0.799. The zero-order valence-corrected chi connectivity index (χ0v) is 15.1. The zero-order valence-electron chi connectivity index (χ0n) is 15.1. The normalized spacial score (nSPS) is 17.1. The van der Waals surface area contributed by atoms with Crippen molar-refractivity contribution >= 4 is 5.91 Å². The minimum absolute atomic E-state index is 0.0964. The SMILES string of the molecule is CCC1CCCN(C(=O)c2ccc(=O)n(CCOc3ccccc3)n2)C1. The lowest BCUT2D eigenvalue weighted by Gasteiger charge is -2.32. The molecule has 2 heterocycles. The van der Waals surface area contributed by atoms with Gasteiger partial charge in [-0.05, 0) is 37.0 Å². The van der Waals surface area contributed by atoms with Gasteiger partial charge in [-0.3, -0.25) is 9.59 Å². The van der Waals surface area contributed by atoms with E-state index in [2.05, 4.69) is 12.0 Å². The predicted octanol–water partition coefficient (Wildman–Crippen LogP) is 2.58. The van der Waals surface area contributed by atoms with Crippen LogP contribution < -0.4 is 10.3 Å². The van der Waals surface area contributed by atoms with Gasteiger partial charge in [0.05, 0.1) is 6.54 Å². The van der Waals surface area contributed by atoms with Gasteiger partial charge in [0.25, 0.3) is 11.5 Å². The minimum Gasteiger partial charge on any atom is -0.492 e. The Bertz CT molecular complexity index is 788. The molecule has 1 aromatic carbocycles. The molecule has 0 aliphatic carbocycles. The smallest absolute Gasteiger partial charge is 0.274 e. The third-order valence-corrected chi connectivity index (χ3v) is 4.78. The number of hydrogen-bond donors (Lipinski definition) is 0. The second-order valence-corrected chi connectivity index (χ2v) is 6.61. The molecule has 1 saturated heterocycles. The van der Waals surface area contributed by atoms with Gasteiger partial charge < -0.3 is 9.64 Å². The number of amides is 1. The molecule has 0 bridgehead atoms. The summed E-state index contributed by atoms with van der Waals surface area (Å²) in [7, 11) is 0. The van der Waals surface area contributed by atoms with Crippen LogP contribution in [0.5, 0.6) is 5.75 Å². The first-order valence-corrected chi connectivity index (χ1v) is 9.22. The number of para-hydroxylation sites is 1. The topological polar surface area (TPSA) is 64.4 Å². The number of rotatable bonds is 6. The van der Waals surface area contributed by atoms with Crippen molar-refractivity contribution in [2.24, 2.45) is 5.92 Å². The van der Waals surface area contributed by atoms with Crippen LogP contribution in [0, 0.1) is 5.92 Å². The summed E-state index contributed by atoms with van der Waals surface area (Å²) in [6.07, 6.45) is 3.27. The number of nitrogens with zero attached hydrogens (tertiary/aromatic N) is 3. The van der Waals surface area contributed by atoms with Crippen molar-refractivity contribution in [1.82, 2.24) is 14.7 Å². The lowest BCUT2D eigenvalue weighted by atomic mass is 9.95. The van der Waals surface area contributed by atoms with Gasteiger partial charge >= 0.3 is 0 Å². The van der Waals surface area contributed by atoms with E-state index in [0.717, 1.165) is 31.7 Å². The third kappa shape index (κ3) is 4.50. The van der Waals surface area contributed by atoms with Gasteiger partial charge in [0.1, 0.15) is 18.1 Å². The summed E-state index contributed by atoms with van der Waals surface area (Å²) >= 11 is 0. The average molecular weight is 355 g/mol. The molecule has 1 atom stereocenters. The maximum absolute atomic E-state index is 12.7. The van der Waals surface area contributed by atoms with Crippen molar-refractivity contribution in [3.05, 3.63) is 58.5 Å². The van der Waals surface area contributed by atoms with Gasteiger partial charge in [-0.15, -0.1) is 0 Å². The van der Waals surface area contributed by atoms with E-state index in [9.17, 15) is 9.59 Å². The molecule has 6 nitrogen and oxygen atoms in total. The molecule has 1 aliphatic heterocycles. The number of carbonyl (C=O) groups excluding carboxylic acids is 1. The summed E-state index contributed by atoms with van der Waals surface area (Å²) in [6.45, 7) is 4.30. The van der Waals surface area contributed by atoms with E-state index >= 15 is 0 Å². The van der Waals surface area contributed by atoms with Crippen molar-refractivity contribution in [3.63, 3.8) is 0 Å². The van der Waals surface area contributed by atoms with Crippen LogP contribution in [0.15, 0.2) is 47.3 Å². The van der Waals surface area contributed by atoms with Crippen LogP contribution in [0.2, 0.25) is 0 Å². The highest BCUT2D eigenvalue weighted by Gasteiger charge is 2.24. The first kappa shape index (κ1) is 18.2. The summed E-state index contributed by atoms with van der Waals surface area (Å²) in [5, 5.41) is 4.26. The van der Waals surface area contributed by atoms with Crippen molar-refractivity contribution in [2.45, 2.75) is 32.7 Å². The van der Waals surface area contributed by atoms with E-state index in [-0.39, 0.29) is 11.5 Å². The summed E-state index contributed by atoms with van der Waals surface area (Å²) in [6, 6.07) is 12.3. The molecule has 0 spiro atoms. The number of carbonyl (C=O) groups is 1. The van der Waals surface area contributed by atoms with Crippen LogP contribution in [0.3, 0.4) is 0 Å². The van der Waals surface area contributed by atoms with E-state index in [1.54, 1.807) is 0 Å². The average Bonchev–Trinajstić information content (AvgIpc) is 2.69. The number of ether oxygens (including phenoxy) is 1. The highest BCUT2D eigenvalue weighted by atomic mass is 16.5. The van der Waals surface area contributed by atoms with Gasteiger partial charge in [-0.2, -0.15) is 5.10 Å². The fourth-order valence-electron chi connectivity index (χ4n) is 3.23. The molecular formula is C20H25N3O3. The molecule has 138 valence electrons. The molecule has 0 radical (unpaired) electrons. The van der Waals surface area contributed by atoms with E-state index in [1.165, 1.54) is 23.2 Å². The summed E-state index contributed by atoms with van der Waals surface area (Å²) in [4.78, 5) is 26.6. The zero-order chi connectivity index (χ0) is 18.4. The van der Waals surface area contributed by atoms with Crippen LogP contribution in [-0.2, 0) is 6.54 Å².